The number of hydrogen-bond donors (Lipinski definition) is 0. The molecule has 0 radical (unpaired) electrons. The molecular formula is C23H23ClFN3. The van der Waals surface area contributed by atoms with E-state index in [1.165, 1.54) is 17.2 Å². The number of halogens is 2. The Morgan fingerprint density at radius 2 is 1.96 bits per heavy atom. The number of nitrogens with zero attached hydrogens (tertiary/aromatic N) is 3. The smallest absolute Gasteiger partial charge is 0.136 e. The number of rotatable bonds is 3. The highest BCUT2D eigenvalue weighted by Gasteiger charge is 2.27. The number of hydrogen-bond acceptors (Lipinski definition) is 3. The zero-order valence-electron chi connectivity index (χ0n) is 16.3. The summed E-state index contributed by atoms with van der Waals surface area (Å²) in [5.41, 5.74) is 5.52. The summed E-state index contributed by atoms with van der Waals surface area (Å²) in [5, 5.41) is 0.783. The van der Waals surface area contributed by atoms with E-state index in [4.69, 9.17) is 16.6 Å². The van der Waals surface area contributed by atoms with Gasteiger partial charge in [-0.15, -0.1) is 0 Å². The fourth-order valence-electron chi connectivity index (χ4n) is 3.95. The van der Waals surface area contributed by atoms with Gasteiger partial charge in [-0.1, -0.05) is 29.8 Å². The van der Waals surface area contributed by atoms with Gasteiger partial charge in [0.05, 0.1) is 6.04 Å². The Balaban J connectivity index is 1.69. The predicted octanol–water partition coefficient (Wildman–Crippen LogP) is 5.60. The van der Waals surface area contributed by atoms with Crippen LogP contribution in [0.4, 0.5) is 10.2 Å². The topological polar surface area (TPSA) is 29.0 Å². The molecule has 0 amide bonds. The van der Waals surface area contributed by atoms with Gasteiger partial charge in [0.2, 0.25) is 0 Å². The van der Waals surface area contributed by atoms with E-state index in [2.05, 4.69) is 35.9 Å². The highest BCUT2D eigenvalue weighted by molar-refractivity contribution is 6.30. The van der Waals surface area contributed by atoms with E-state index >= 15 is 0 Å². The predicted molar refractivity (Wildman–Crippen MR) is 112 cm³/mol. The van der Waals surface area contributed by atoms with Crippen molar-refractivity contribution in [3.8, 4) is 0 Å². The molecule has 2 heterocycles. The van der Waals surface area contributed by atoms with Gasteiger partial charge in [-0.3, -0.25) is 0 Å². The summed E-state index contributed by atoms with van der Waals surface area (Å²) in [5.74, 6) is 1.45. The normalized spacial score (nSPS) is 16.2. The molecule has 1 aliphatic rings. The zero-order valence-corrected chi connectivity index (χ0v) is 17.1. The van der Waals surface area contributed by atoms with Crippen molar-refractivity contribution in [2.45, 2.75) is 39.7 Å². The Bertz CT molecular complexity index is 1030. The molecule has 0 spiro atoms. The average Bonchev–Trinajstić information content (AvgIpc) is 2.65. The highest BCUT2D eigenvalue weighted by Crippen LogP contribution is 2.35. The van der Waals surface area contributed by atoms with E-state index in [0.717, 1.165) is 46.5 Å². The molecule has 3 aromatic rings. The van der Waals surface area contributed by atoms with Crippen LogP contribution in [-0.2, 0) is 12.8 Å². The second-order valence-electron chi connectivity index (χ2n) is 7.44. The van der Waals surface area contributed by atoms with E-state index in [1.807, 2.05) is 19.1 Å². The van der Waals surface area contributed by atoms with Crippen LogP contribution in [0.3, 0.4) is 0 Å². The largest absolute Gasteiger partial charge is 0.349 e. The fraction of sp³-hybridized carbons (Fsp3) is 0.304. The fourth-order valence-corrected chi connectivity index (χ4v) is 4.14. The van der Waals surface area contributed by atoms with Crippen molar-refractivity contribution in [1.29, 1.82) is 0 Å². The molecule has 0 saturated carbocycles. The Morgan fingerprint density at radius 3 is 2.75 bits per heavy atom. The van der Waals surface area contributed by atoms with E-state index in [0.29, 0.717) is 6.42 Å². The number of fused-ring (bicyclic) bond motifs is 1. The Hall–Kier alpha value is -2.46. The summed E-state index contributed by atoms with van der Waals surface area (Å²) in [6.45, 7) is 7.17. The van der Waals surface area contributed by atoms with Gasteiger partial charge in [-0.2, -0.15) is 0 Å². The first-order valence-corrected chi connectivity index (χ1v) is 9.93. The maximum atomic E-state index is 13.5. The van der Waals surface area contributed by atoms with Crippen LogP contribution < -0.4 is 4.90 Å². The van der Waals surface area contributed by atoms with Gasteiger partial charge in [0.1, 0.15) is 17.5 Å². The van der Waals surface area contributed by atoms with Crippen LogP contribution in [0.1, 0.15) is 46.7 Å². The summed E-state index contributed by atoms with van der Waals surface area (Å²) in [7, 11) is 0. The Labute approximate surface area is 170 Å². The molecule has 144 valence electrons. The van der Waals surface area contributed by atoms with Gasteiger partial charge in [0.25, 0.3) is 0 Å². The van der Waals surface area contributed by atoms with E-state index in [9.17, 15) is 4.39 Å². The van der Waals surface area contributed by atoms with Gasteiger partial charge in [0.15, 0.2) is 0 Å². The lowest BCUT2D eigenvalue weighted by atomic mass is 9.93. The summed E-state index contributed by atoms with van der Waals surface area (Å²) < 4.78 is 13.5. The lowest BCUT2D eigenvalue weighted by Gasteiger charge is -2.37. The molecule has 0 bridgehead atoms. The molecule has 5 heteroatoms. The second-order valence-corrected chi connectivity index (χ2v) is 7.88. The quantitative estimate of drug-likeness (QED) is 0.578. The SMILES string of the molecule is Cc1nc(Cc2cccc(F)c2)nc(N2CCc3cc(Cl)ccc3C2C)c1C. The molecule has 1 unspecified atom stereocenters. The van der Waals surface area contributed by atoms with Crippen LogP contribution >= 0.6 is 11.6 Å². The first-order valence-electron chi connectivity index (χ1n) is 9.56. The molecule has 0 saturated heterocycles. The van der Waals surface area contributed by atoms with Crippen LogP contribution in [0, 0.1) is 19.7 Å². The maximum absolute atomic E-state index is 13.5. The minimum atomic E-state index is -0.235. The van der Waals surface area contributed by atoms with Crippen molar-refractivity contribution in [1.82, 2.24) is 9.97 Å². The number of anilines is 1. The third-order valence-electron chi connectivity index (χ3n) is 5.58. The lowest BCUT2D eigenvalue weighted by molar-refractivity contribution is 0.611. The number of benzene rings is 2. The second kappa shape index (κ2) is 7.51. The standard InChI is InChI=1S/C23H23ClFN3/c1-14-15(2)26-22(12-17-5-4-6-20(25)11-17)27-23(14)28-10-9-18-13-19(24)7-8-21(18)16(28)3/h4-8,11,13,16H,9-10,12H2,1-3H3. The first kappa shape index (κ1) is 18.9. The van der Waals surface area contributed by atoms with Crippen LogP contribution in [0.25, 0.3) is 0 Å². The van der Waals surface area contributed by atoms with Crippen molar-refractivity contribution in [3.63, 3.8) is 0 Å². The molecule has 0 aliphatic carbocycles. The molecule has 0 N–H and O–H groups in total. The molecule has 28 heavy (non-hydrogen) atoms. The third kappa shape index (κ3) is 3.61. The Morgan fingerprint density at radius 1 is 1.14 bits per heavy atom. The van der Waals surface area contributed by atoms with Gasteiger partial charge in [-0.05, 0) is 68.1 Å². The molecule has 1 aliphatic heterocycles. The molecular weight excluding hydrogens is 373 g/mol. The van der Waals surface area contributed by atoms with E-state index in [-0.39, 0.29) is 11.9 Å². The van der Waals surface area contributed by atoms with Crippen molar-refractivity contribution in [3.05, 3.63) is 87.1 Å². The molecule has 1 aromatic heterocycles. The number of aromatic nitrogens is 2. The summed E-state index contributed by atoms with van der Waals surface area (Å²) in [4.78, 5) is 11.9. The highest BCUT2D eigenvalue weighted by atomic mass is 35.5. The lowest BCUT2D eigenvalue weighted by Crippen LogP contribution is -2.35. The summed E-state index contributed by atoms with van der Waals surface area (Å²) in [6.07, 6.45) is 1.45. The van der Waals surface area contributed by atoms with Crippen LogP contribution in [-0.4, -0.2) is 16.5 Å². The monoisotopic (exact) mass is 395 g/mol. The number of aryl methyl sites for hydroxylation is 1. The molecule has 2 aromatic carbocycles. The van der Waals surface area contributed by atoms with Gasteiger partial charge >= 0.3 is 0 Å². The van der Waals surface area contributed by atoms with Gasteiger partial charge in [0, 0.05) is 29.2 Å². The minimum absolute atomic E-state index is 0.205. The van der Waals surface area contributed by atoms with Crippen molar-refractivity contribution < 1.29 is 4.39 Å². The van der Waals surface area contributed by atoms with E-state index in [1.54, 1.807) is 12.1 Å². The van der Waals surface area contributed by atoms with Crippen molar-refractivity contribution >= 4 is 17.4 Å². The van der Waals surface area contributed by atoms with Crippen molar-refractivity contribution in [2.24, 2.45) is 0 Å². The van der Waals surface area contributed by atoms with Gasteiger partial charge < -0.3 is 4.90 Å². The average molecular weight is 396 g/mol. The zero-order chi connectivity index (χ0) is 19.8. The first-order chi connectivity index (χ1) is 13.4. The molecule has 4 rings (SSSR count). The van der Waals surface area contributed by atoms with Crippen LogP contribution in [0.5, 0.6) is 0 Å². The third-order valence-corrected chi connectivity index (χ3v) is 5.81. The Kier molecular flexibility index (Phi) is 5.07. The summed E-state index contributed by atoms with van der Waals surface area (Å²) in [6, 6.07) is 13.0. The molecule has 3 nitrogen and oxygen atoms in total. The maximum Gasteiger partial charge on any atom is 0.136 e. The minimum Gasteiger partial charge on any atom is -0.349 e. The molecule has 1 atom stereocenters. The van der Waals surface area contributed by atoms with Crippen LogP contribution in [0.15, 0.2) is 42.5 Å². The summed E-state index contributed by atoms with van der Waals surface area (Å²) >= 11 is 6.17. The van der Waals surface area contributed by atoms with E-state index < -0.39 is 0 Å². The molecule has 0 fully saturated rings. The van der Waals surface area contributed by atoms with Gasteiger partial charge in [-0.25, -0.2) is 14.4 Å². The van der Waals surface area contributed by atoms with Crippen LogP contribution in [0.2, 0.25) is 5.02 Å². The van der Waals surface area contributed by atoms with Crippen molar-refractivity contribution in [2.75, 3.05) is 11.4 Å².